The number of carbonyl (C=O) groups is 2. The second-order valence-corrected chi connectivity index (χ2v) is 20.5. The Morgan fingerprint density at radius 2 is 1.15 bits per heavy atom. The van der Waals surface area contributed by atoms with Crippen LogP contribution in [0.5, 0.6) is 0 Å². The number of rotatable bonds is 17. The zero-order valence-corrected chi connectivity index (χ0v) is 45.9. The van der Waals surface area contributed by atoms with Gasteiger partial charge < -0.3 is 44.6 Å². The van der Waals surface area contributed by atoms with Crippen molar-refractivity contribution in [2.75, 3.05) is 56.4 Å². The van der Waals surface area contributed by atoms with E-state index in [1.165, 1.54) is 0 Å². The molecule has 0 unspecified atom stereocenters. The summed E-state index contributed by atoms with van der Waals surface area (Å²) < 4.78 is 17.2. The summed E-state index contributed by atoms with van der Waals surface area (Å²) >= 11 is 3.60. The maximum absolute atomic E-state index is 13.8. The number of benzene rings is 2. The van der Waals surface area contributed by atoms with Gasteiger partial charge >= 0.3 is 0 Å². The van der Waals surface area contributed by atoms with Gasteiger partial charge in [-0.05, 0) is 149 Å². The normalized spacial score (nSPS) is 14.2. The van der Waals surface area contributed by atoms with Crippen molar-refractivity contribution in [3.8, 4) is 11.1 Å². The molecule has 2 aliphatic rings. The second kappa shape index (κ2) is 25.9. The third kappa shape index (κ3) is 13.7. The van der Waals surface area contributed by atoms with Crippen LogP contribution in [0.2, 0.25) is 0 Å². The Morgan fingerprint density at radius 3 is 1.57 bits per heavy atom. The molecule has 0 bridgehead atoms. The molecule has 72 heavy (non-hydrogen) atoms. The van der Waals surface area contributed by atoms with E-state index >= 15 is 0 Å². The highest BCUT2D eigenvalue weighted by Crippen LogP contribution is 2.35. The van der Waals surface area contributed by atoms with Crippen LogP contribution in [0.4, 0.5) is 11.4 Å². The number of ether oxygens (including phenoxy) is 3. The molecule has 2 aromatic carbocycles. The molecule has 2 amide bonds. The molecule has 3 aromatic heterocycles. The fraction of sp³-hybridized carbons (Fsp3) is 0.491. The Labute approximate surface area is 434 Å². The highest BCUT2D eigenvalue weighted by Gasteiger charge is 2.27. The summed E-state index contributed by atoms with van der Waals surface area (Å²) in [6.07, 6.45) is 5.68. The van der Waals surface area contributed by atoms with Crippen LogP contribution in [0.15, 0.2) is 68.8 Å². The molecule has 15 heteroatoms. The van der Waals surface area contributed by atoms with Gasteiger partial charge in [0.25, 0.3) is 22.9 Å². The predicted octanol–water partition coefficient (Wildman–Crippen LogP) is 10.1. The minimum absolute atomic E-state index is 0.141. The average molecular weight is 1050 g/mol. The van der Waals surface area contributed by atoms with Crippen molar-refractivity contribution < 1.29 is 23.8 Å². The molecular formula is C57H76BrN7O7. The first kappa shape index (κ1) is 55.7. The summed E-state index contributed by atoms with van der Waals surface area (Å²) in [7, 11) is 1.65. The summed E-state index contributed by atoms with van der Waals surface area (Å²) in [6, 6.07) is 16.7. The number of nitrogens with one attached hydrogen (secondary N) is 4. The molecule has 0 radical (unpaired) electrons. The summed E-state index contributed by atoms with van der Waals surface area (Å²) in [5, 5.41) is 6.03. The number of methoxy groups -OCH3 is 1. The summed E-state index contributed by atoms with van der Waals surface area (Å²) in [4.78, 5) is 67.4. The highest BCUT2D eigenvalue weighted by atomic mass is 79.9. The molecule has 7 rings (SSSR count). The summed E-state index contributed by atoms with van der Waals surface area (Å²) in [5.74, 6) is -0.0273. The SMILES string of the molecule is CCN(c1cc(-c2ccc(COC)nc2)cc(C(=O)NCc2c(C(C)C)cc(C)[nH]c2=O)c1C)C1CCOCC1.CCN(c1cc(Br)cc(C(=O)NCc2c(C(C)C)cc(C)[nH]c2=O)c1C)C1CCOCC1. The molecule has 5 aromatic rings. The fourth-order valence-corrected chi connectivity index (χ4v) is 10.5. The van der Waals surface area contributed by atoms with Crippen LogP contribution in [0.3, 0.4) is 0 Å². The highest BCUT2D eigenvalue weighted by molar-refractivity contribution is 9.10. The van der Waals surface area contributed by atoms with E-state index in [-0.39, 0.29) is 47.9 Å². The van der Waals surface area contributed by atoms with Crippen LogP contribution in [-0.2, 0) is 33.9 Å². The van der Waals surface area contributed by atoms with Gasteiger partial charge in [-0.2, -0.15) is 0 Å². The van der Waals surface area contributed by atoms with E-state index < -0.39 is 0 Å². The van der Waals surface area contributed by atoms with E-state index in [2.05, 4.69) is 105 Å². The van der Waals surface area contributed by atoms with Gasteiger partial charge in [-0.15, -0.1) is 0 Å². The minimum Gasteiger partial charge on any atom is -0.381 e. The fourth-order valence-electron chi connectivity index (χ4n) is 10.1. The summed E-state index contributed by atoms with van der Waals surface area (Å²) in [6.45, 7) is 25.8. The van der Waals surface area contributed by atoms with Crippen molar-refractivity contribution in [3.63, 3.8) is 0 Å². The number of aromatic amines is 2. The Bertz CT molecular complexity index is 2780. The molecule has 2 aliphatic heterocycles. The number of amides is 2. The van der Waals surface area contributed by atoms with Gasteiger partial charge in [-0.1, -0.05) is 49.7 Å². The van der Waals surface area contributed by atoms with Gasteiger partial charge in [0, 0.05) is 133 Å². The smallest absolute Gasteiger partial charge is 0.253 e. The minimum atomic E-state index is -0.206. The zero-order chi connectivity index (χ0) is 52.2. The van der Waals surface area contributed by atoms with Gasteiger partial charge in [-0.25, -0.2) is 0 Å². The number of hydrogen-bond donors (Lipinski definition) is 4. The predicted molar refractivity (Wildman–Crippen MR) is 292 cm³/mol. The zero-order valence-electron chi connectivity index (χ0n) is 44.3. The van der Waals surface area contributed by atoms with Crippen molar-refractivity contribution in [1.82, 2.24) is 25.6 Å². The van der Waals surface area contributed by atoms with E-state index in [1.807, 2.05) is 70.3 Å². The van der Waals surface area contributed by atoms with Crippen molar-refractivity contribution in [2.24, 2.45) is 0 Å². The third-order valence-electron chi connectivity index (χ3n) is 13.9. The lowest BCUT2D eigenvalue weighted by Gasteiger charge is -2.37. The average Bonchev–Trinajstić information content (AvgIpc) is 3.35. The van der Waals surface area contributed by atoms with E-state index in [0.717, 1.165) is 132 Å². The molecule has 14 nitrogen and oxygen atoms in total. The Balaban J connectivity index is 0.000000241. The van der Waals surface area contributed by atoms with Gasteiger partial charge in [0.05, 0.1) is 12.3 Å². The first-order valence-electron chi connectivity index (χ1n) is 25.6. The number of aromatic nitrogens is 3. The molecule has 0 atom stereocenters. The van der Waals surface area contributed by atoms with Crippen molar-refractivity contribution in [2.45, 2.75) is 139 Å². The standard InChI is InChI=1S/C32H42N4O4.C25H34BrN3O3/c1-7-36(26-10-12-40-13-11-26)30-16-24(23-8-9-25(19-39-6)33-17-23)15-28(22(30)5)31(37)34-18-29-27(20(2)3)14-21(4)35-32(29)38;1-6-29(19-7-9-32-10-8-19)23-13-18(26)12-21(17(23)5)24(30)27-14-22-20(15(2)3)11-16(4)28-25(22)31/h8-9,14-17,20,26H,7,10-13,18-19H2,1-6H3,(H,34,37)(H,35,38);11-13,15,19H,6-10,14H2,1-5H3,(H,27,30)(H,28,31). The monoisotopic (exact) mass is 1050 g/mol. The lowest BCUT2D eigenvalue weighted by Crippen LogP contribution is -2.40. The van der Waals surface area contributed by atoms with Crippen molar-refractivity contribution in [1.29, 1.82) is 0 Å². The van der Waals surface area contributed by atoms with Crippen LogP contribution in [-0.4, -0.2) is 85.5 Å². The van der Waals surface area contributed by atoms with E-state index in [1.54, 1.807) is 7.11 Å². The Hall–Kier alpha value is -5.61. The van der Waals surface area contributed by atoms with Crippen molar-refractivity contribution >= 4 is 39.1 Å². The number of pyridine rings is 3. The molecule has 0 saturated carbocycles. The van der Waals surface area contributed by atoms with Crippen LogP contribution in [0.25, 0.3) is 11.1 Å². The lowest BCUT2D eigenvalue weighted by molar-refractivity contribution is 0.0845. The number of carbonyl (C=O) groups excluding carboxylic acids is 2. The molecule has 2 saturated heterocycles. The van der Waals surface area contributed by atoms with E-state index in [0.29, 0.717) is 40.9 Å². The summed E-state index contributed by atoms with van der Waals surface area (Å²) in [5.41, 5.74) is 12.3. The number of aryl methyl sites for hydroxylation is 2. The van der Waals surface area contributed by atoms with Gasteiger partial charge in [0.1, 0.15) is 0 Å². The molecule has 0 spiro atoms. The van der Waals surface area contributed by atoms with Gasteiger partial charge in [0.15, 0.2) is 0 Å². The molecule has 0 aliphatic carbocycles. The second-order valence-electron chi connectivity index (χ2n) is 19.6. The molecule has 4 N–H and O–H groups in total. The molecule has 388 valence electrons. The number of H-pyrrole nitrogens is 2. The molecular weight excluding hydrogens is 975 g/mol. The van der Waals surface area contributed by atoms with Crippen LogP contribution in [0, 0.1) is 27.7 Å². The number of anilines is 2. The van der Waals surface area contributed by atoms with Gasteiger partial charge in [-0.3, -0.25) is 24.2 Å². The molecule has 5 heterocycles. The Morgan fingerprint density at radius 1 is 0.694 bits per heavy atom. The van der Waals surface area contributed by atoms with Gasteiger partial charge in [0.2, 0.25) is 0 Å². The molecule has 2 fully saturated rings. The lowest BCUT2D eigenvalue weighted by atomic mass is 9.95. The quantitative estimate of drug-likeness (QED) is 0.0703. The number of nitrogens with zero attached hydrogens (tertiary/aromatic N) is 3. The first-order valence-corrected chi connectivity index (χ1v) is 26.3. The van der Waals surface area contributed by atoms with Crippen molar-refractivity contribution in [3.05, 3.63) is 141 Å². The number of halogens is 1. The Kier molecular flexibility index (Phi) is 20.0. The van der Waals surface area contributed by atoms with Crippen LogP contribution < -0.4 is 31.6 Å². The maximum Gasteiger partial charge on any atom is 0.253 e. The van der Waals surface area contributed by atoms with Crippen LogP contribution >= 0.6 is 15.9 Å². The largest absolute Gasteiger partial charge is 0.381 e. The van der Waals surface area contributed by atoms with E-state index in [4.69, 9.17) is 14.2 Å². The topological polar surface area (TPSA) is 171 Å². The first-order chi connectivity index (χ1) is 34.4. The maximum atomic E-state index is 13.8. The number of hydrogen-bond acceptors (Lipinski definition) is 10. The third-order valence-corrected chi connectivity index (χ3v) is 14.4. The van der Waals surface area contributed by atoms with E-state index in [9.17, 15) is 19.2 Å². The van der Waals surface area contributed by atoms with Crippen LogP contribution in [0.1, 0.15) is 150 Å².